The monoisotopic (exact) mass is 256 g/mol. The molecule has 1 aromatic carbocycles. The van der Waals surface area contributed by atoms with E-state index in [9.17, 15) is 20.1 Å². The van der Waals surface area contributed by atoms with Gasteiger partial charge in [0.05, 0.1) is 26.2 Å². The van der Waals surface area contributed by atoms with Crippen LogP contribution >= 0.6 is 0 Å². The first-order valence-electron chi connectivity index (χ1n) is 5.35. The normalized spacial score (nSPS) is 14.0. The lowest BCUT2D eigenvalue weighted by Crippen LogP contribution is -2.22. The zero-order valence-corrected chi connectivity index (χ0v) is 9.91. The van der Waals surface area contributed by atoms with Crippen molar-refractivity contribution in [2.45, 2.75) is 25.2 Å². The Bertz CT molecular complexity index is 417. The summed E-state index contributed by atoms with van der Waals surface area (Å²) >= 11 is 0. The Morgan fingerprint density at radius 3 is 2.61 bits per heavy atom. The third-order valence-corrected chi connectivity index (χ3v) is 2.58. The molecule has 0 saturated carbocycles. The summed E-state index contributed by atoms with van der Waals surface area (Å²) in [6.07, 6.45) is -2.95. The first-order chi connectivity index (χ1) is 8.49. The number of aliphatic hydroxyl groups excluding tert-OH is 3. The average molecular weight is 256 g/mol. The van der Waals surface area contributed by atoms with Crippen LogP contribution in [0.5, 0.6) is 5.75 Å². The van der Waals surface area contributed by atoms with Crippen LogP contribution in [0.1, 0.15) is 23.7 Å². The molecule has 0 aliphatic rings. The van der Waals surface area contributed by atoms with E-state index in [1.165, 1.54) is 25.3 Å². The lowest BCUT2D eigenvalue weighted by atomic mass is 10.00. The van der Waals surface area contributed by atoms with Crippen LogP contribution < -0.4 is 0 Å². The van der Waals surface area contributed by atoms with Gasteiger partial charge < -0.3 is 25.2 Å². The van der Waals surface area contributed by atoms with E-state index in [1.807, 2.05) is 0 Å². The van der Waals surface area contributed by atoms with Crippen LogP contribution in [0.25, 0.3) is 0 Å². The lowest BCUT2D eigenvalue weighted by molar-refractivity contribution is -0.144. The lowest BCUT2D eigenvalue weighted by Gasteiger charge is -2.18. The van der Waals surface area contributed by atoms with Crippen LogP contribution in [0.2, 0.25) is 0 Å². The van der Waals surface area contributed by atoms with Crippen LogP contribution in [-0.2, 0) is 16.1 Å². The Kier molecular flexibility index (Phi) is 5.08. The van der Waals surface area contributed by atoms with E-state index in [-0.39, 0.29) is 24.3 Å². The summed E-state index contributed by atoms with van der Waals surface area (Å²) in [6.45, 7) is -0.389. The van der Waals surface area contributed by atoms with Gasteiger partial charge in [-0.3, -0.25) is 4.79 Å². The van der Waals surface area contributed by atoms with Gasteiger partial charge in [0.2, 0.25) is 0 Å². The Labute approximate surface area is 104 Å². The number of rotatable bonds is 5. The van der Waals surface area contributed by atoms with Gasteiger partial charge in [-0.1, -0.05) is 6.07 Å². The molecular weight excluding hydrogens is 240 g/mol. The molecule has 0 amide bonds. The van der Waals surface area contributed by atoms with Crippen LogP contribution in [0, 0.1) is 0 Å². The van der Waals surface area contributed by atoms with E-state index in [4.69, 9.17) is 5.11 Å². The maximum absolute atomic E-state index is 11.0. The molecule has 6 heteroatoms. The van der Waals surface area contributed by atoms with Gasteiger partial charge in [-0.05, 0) is 17.7 Å². The van der Waals surface area contributed by atoms with Crippen molar-refractivity contribution in [1.82, 2.24) is 0 Å². The predicted molar refractivity (Wildman–Crippen MR) is 61.6 cm³/mol. The first-order valence-corrected chi connectivity index (χ1v) is 5.35. The zero-order valence-electron chi connectivity index (χ0n) is 9.91. The van der Waals surface area contributed by atoms with E-state index < -0.39 is 18.2 Å². The number of hydrogen-bond donors (Lipinski definition) is 4. The fraction of sp³-hybridized carbons (Fsp3) is 0.417. The van der Waals surface area contributed by atoms with Crippen molar-refractivity contribution in [3.63, 3.8) is 0 Å². The number of phenols is 1. The van der Waals surface area contributed by atoms with E-state index in [0.717, 1.165) is 0 Å². The number of ether oxygens (including phenoxy) is 1. The van der Waals surface area contributed by atoms with Crippen LogP contribution in [0.15, 0.2) is 18.2 Å². The van der Waals surface area contributed by atoms with Crippen LogP contribution in [0.4, 0.5) is 0 Å². The van der Waals surface area contributed by atoms with Crippen LogP contribution in [-0.4, -0.2) is 39.6 Å². The Morgan fingerprint density at radius 2 is 2.06 bits per heavy atom. The predicted octanol–water partition coefficient (Wildman–Crippen LogP) is -0.158. The molecule has 100 valence electrons. The van der Waals surface area contributed by atoms with Crippen molar-refractivity contribution < 1.29 is 30.0 Å². The summed E-state index contributed by atoms with van der Waals surface area (Å²) < 4.78 is 4.38. The highest BCUT2D eigenvalue weighted by atomic mass is 16.5. The smallest absolute Gasteiger partial charge is 0.308 e. The molecule has 2 unspecified atom stereocenters. The van der Waals surface area contributed by atoms with Crippen molar-refractivity contribution in [2.75, 3.05) is 7.11 Å². The minimum atomic E-state index is -1.31. The number of aliphatic hydroxyl groups is 3. The number of hydrogen-bond acceptors (Lipinski definition) is 6. The van der Waals surface area contributed by atoms with Gasteiger partial charge in [-0.2, -0.15) is 0 Å². The number of aromatic hydroxyl groups is 1. The fourth-order valence-corrected chi connectivity index (χ4v) is 1.50. The molecule has 1 rings (SSSR count). The largest absolute Gasteiger partial charge is 0.508 e. The number of carbonyl (C=O) groups excluding carboxylic acids is 1. The second-order valence-electron chi connectivity index (χ2n) is 3.84. The molecule has 0 aromatic heterocycles. The molecule has 0 bridgehead atoms. The quantitative estimate of drug-likeness (QED) is 0.545. The van der Waals surface area contributed by atoms with Crippen LogP contribution in [0.3, 0.4) is 0 Å². The minimum absolute atomic E-state index is 0.101. The molecule has 0 fully saturated rings. The fourth-order valence-electron chi connectivity index (χ4n) is 1.50. The second kappa shape index (κ2) is 6.34. The minimum Gasteiger partial charge on any atom is -0.508 e. The number of methoxy groups -OCH3 is 1. The van der Waals surface area contributed by atoms with E-state index in [1.54, 1.807) is 0 Å². The van der Waals surface area contributed by atoms with E-state index in [2.05, 4.69) is 4.74 Å². The third kappa shape index (κ3) is 3.43. The molecule has 0 spiro atoms. The van der Waals surface area contributed by atoms with Gasteiger partial charge in [0.15, 0.2) is 0 Å². The topological polar surface area (TPSA) is 107 Å². The molecule has 0 radical (unpaired) electrons. The molecule has 0 heterocycles. The maximum atomic E-state index is 11.0. The molecule has 6 nitrogen and oxygen atoms in total. The molecular formula is C12H16O6. The highest BCUT2D eigenvalue weighted by Gasteiger charge is 2.22. The first kappa shape index (κ1) is 14.4. The Balaban J connectivity index is 2.83. The SMILES string of the molecule is COC(=O)CC(O)C(O)c1ccc(O)c(CO)c1. The Morgan fingerprint density at radius 1 is 1.39 bits per heavy atom. The van der Waals surface area contributed by atoms with Gasteiger partial charge in [0.1, 0.15) is 11.9 Å². The summed E-state index contributed by atoms with van der Waals surface area (Å²) in [6, 6.07) is 4.06. The summed E-state index contributed by atoms with van der Waals surface area (Å²) in [5.41, 5.74) is 0.532. The van der Waals surface area contributed by atoms with Gasteiger partial charge in [0.25, 0.3) is 0 Å². The summed E-state index contributed by atoms with van der Waals surface area (Å²) in [4.78, 5) is 11.0. The number of benzene rings is 1. The number of esters is 1. The third-order valence-electron chi connectivity index (χ3n) is 2.58. The highest BCUT2D eigenvalue weighted by molar-refractivity contribution is 5.69. The highest BCUT2D eigenvalue weighted by Crippen LogP contribution is 2.25. The van der Waals surface area contributed by atoms with Crippen molar-refractivity contribution in [3.8, 4) is 5.75 Å². The molecule has 0 aliphatic carbocycles. The van der Waals surface area contributed by atoms with E-state index in [0.29, 0.717) is 5.56 Å². The maximum Gasteiger partial charge on any atom is 0.308 e. The molecule has 0 aliphatic heterocycles. The van der Waals surface area contributed by atoms with Gasteiger partial charge in [-0.25, -0.2) is 0 Å². The van der Waals surface area contributed by atoms with E-state index >= 15 is 0 Å². The van der Waals surface area contributed by atoms with Crippen molar-refractivity contribution in [1.29, 1.82) is 0 Å². The van der Waals surface area contributed by atoms with Crippen molar-refractivity contribution in [2.24, 2.45) is 0 Å². The molecule has 4 N–H and O–H groups in total. The molecule has 0 saturated heterocycles. The summed E-state index contributed by atoms with van der Waals surface area (Å²) in [5, 5.41) is 37.8. The van der Waals surface area contributed by atoms with Gasteiger partial charge >= 0.3 is 5.97 Å². The molecule has 1 aromatic rings. The standard InChI is InChI=1S/C12H16O6/c1-18-11(16)5-10(15)12(17)7-2-3-9(14)8(4-7)6-13/h2-4,10,12-15,17H,5-6H2,1H3. The summed E-state index contributed by atoms with van der Waals surface area (Å²) in [5.74, 6) is -0.737. The van der Waals surface area contributed by atoms with Gasteiger partial charge in [-0.15, -0.1) is 0 Å². The summed E-state index contributed by atoms with van der Waals surface area (Å²) in [7, 11) is 1.19. The Hall–Kier alpha value is -1.63. The average Bonchev–Trinajstić information content (AvgIpc) is 2.38. The zero-order chi connectivity index (χ0) is 13.7. The van der Waals surface area contributed by atoms with Crippen molar-refractivity contribution in [3.05, 3.63) is 29.3 Å². The van der Waals surface area contributed by atoms with Gasteiger partial charge in [0, 0.05) is 5.56 Å². The second-order valence-corrected chi connectivity index (χ2v) is 3.84. The molecule has 18 heavy (non-hydrogen) atoms. The molecule has 2 atom stereocenters. The number of carbonyl (C=O) groups is 1. The van der Waals surface area contributed by atoms with Crippen molar-refractivity contribution >= 4 is 5.97 Å².